The number of nitrogens with one attached hydrogen (secondary N) is 1. The van der Waals surface area contributed by atoms with Crippen molar-refractivity contribution in [2.75, 3.05) is 26.2 Å². The second-order valence-corrected chi connectivity index (χ2v) is 8.22. The van der Waals surface area contributed by atoms with E-state index >= 15 is 0 Å². The van der Waals surface area contributed by atoms with Crippen molar-refractivity contribution in [2.24, 2.45) is 0 Å². The molecule has 2 aromatic carbocycles. The van der Waals surface area contributed by atoms with Crippen molar-refractivity contribution in [3.8, 4) is 5.75 Å². The predicted octanol–water partition coefficient (Wildman–Crippen LogP) is 2.34. The topological polar surface area (TPSA) is 85.8 Å². The van der Waals surface area contributed by atoms with Crippen LogP contribution >= 0.6 is 0 Å². The van der Waals surface area contributed by atoms with E-state index in [0.717, 1.165) is 29.6 Å². The van der Waals surface area contributed by atoms with Gasteiger partial charge in [-0.05, 0) is 42.7 Å². The fraction of sp³-hybridized carbons (Fsp3) is 0.375. The van der Waals surface area contributed by atoms with Crippen molar-refractivity contribution >= 4 is 10.9 Å². The molecule has 0 aliphatic carbocycles. The number of aliphatic hydroxyl groups is 2. The van der Waals surface area contributed by atoms with Crippen molar-refractivity contribution in [1.29, 1.82) is 0 Å². The lowest BCUT2D eigenvalue weighted by Crippen LogP contribution is -2.48. The van der Waals surface area contributed by atoms with E-state index in [2.05, 4.69) is 22.0 Å². The molecule has 1 aromatic heterocycles. The second-order valence-electron chi connectivity index (χ2n) is 8.22. The van der Waals surface area contributed by atoms with E-state index in [4.69, 9.17) is 4.74 Å². The number of H-pyrrole nitrogens is 1. The van der Waals surface area contributed by atoms with Gasteiger partial charge >= 0.3 is 0 Å². The number of aromatic amines is 1. The number of aliphatic hydroxyl groups excluding tert-OH is 1. The van der Waals surface area contributed by atoms with E-state index in [1.165, 1.54) is 6.07 Å². The number of benzene rings is 2. The molecule has 1 saturated heterocycles. The lowest BCUT2D eigenvalue weighted by molar-refractivity contribution is -0.0325. The molecule has 3 aromatic rings. The molecule has 1 aliphatic heterocycles. The van der Waals surface area contributed by atoms with Crippen LogP contribution in [0.2, 0.25) is 0 Å². The number of ether oxygens (including phenoxy) is 1. The van der Waals surface area contributed by atoms with Gasteiger partial charge in [0, 0.05) is 43.0 Å². The number of hydrogen-bond acceptors (Lipinski definition) is 5. The van der Waals surface area contributed by atoms with Crippen molar-refractivity contribution in [3.63, 3.8) is 0 Å². The number of β-amino-alcohol motifs (C(OH)–C–C–N with tert-alkyl or cyclic N) is 1. The van der Waals surface area contributed by atoms with E-state index in [1.54, 1.807) is 18.2 Å². The summed E-state index contributed by atoms with van der Waals surface area (Å²) in [5.41, 5.74) is 1.10. The highest BCUT2D eigenvalue weighted by atomic mass is 16.5. The summed E-state index contributed by atoms with van der Waals surface area (Å²) in [5.74, 6) is 0.657. The number of fused-ring (bicyclic) bond motifs is 1. The Labute approximate surface area is 175 Å². The summed E-state index contributed by atoms with van der Waals surface area (Å²) in [5, 5.41) is 22.2. The van der Waals surface area contributed by atoms with Crippen LogP contribution in [-0.2, 0) is 6.42 Å². The lowest BCUT2D eigenvalue weighted by atomic mass is 9.85. The van der Waals surface area contributed by atoms with Gasteiger partial charge in [0.15, 0.2) is 0 Å². The first-order valence-corrected chi connectivity index (χ1v) is 10.4. The zero-order valence-corrected chi connectivity index (χ0v) is 17.0. The smallest absolute Gasteiger partial charge is 0.248 e. The molecule has 2 heterocycles. The molecule has 0 bridgehead atoms. The van der Waals surface area contributed by atoms with E-state index in [-0.39, 0.29) is 12.2 Å². The van der Waals surface area contributed by atoms with Gasteiger partial charge in [-0.1, -0.05) is 30.3 Å². The molecule has 6 nitrogen and oxygen atoms in total. The minimum Gasteiger partial charge on any atom is -0.491 e. The average molecular weight is 408 g/mol. The fourth-order valence-electron chi connectivity index (χ4n) is 4.07. The standard InChI is InChI=1S/C24H28N2O4/c27-20(17-30-21-7-8-22-19(14-21)6-9-23(28)25-22)16-26-12-10-24(29,11-13-26)15-18-4-2-1-3-5-18/h1-9,14,20,27,29H,10-13,15-17H2,(H,25,28)/t20-/m0/s1. The SMILES string of the molecule is O=c1ccc2cc(OC[C@@H](O)CN3CCC(O)(Cc4ccccc4)CC3)ccc2[nH]1. The number of hydrogen-bond donors (Lipinski definition) is 3. The Morgan fingerprint density at radius 3 is 2.60 bits per heavy atom. The third-order valence-electron chi connectivity index (χ3n) is 5.77. The van der Waals surface area contributed by atoms with Crippen molar-refractivity contribution in [2.45, 2.75) is 31.0 Å². The van der Waals surface area contributed by atoms with Gasteiger partial charge in [0.05, 0.1) is 5.60 Å². The molecule has 0 saturated carbocycles. The number of likely N-dealkylation sites (tertiary alicyclic amines) is 1. The van der Waals surface area contributed by atoms with Crippen LogP contribution in [0.25, 0.3) is 10.9 Å². The predicted molar refractivity (Wildman–Crippen MR) is 117 cm³/mol. The summed E-state index contributed by atoms with van der Waals surface area (Å²) >= 11 is 0. The van der Waals surface area contributed by atoms with Crippen LogP contribution in [0.5, 0.6) is 5.75 Å². The maximum Gasteiger partial charge on any atom is 0.248 e. The van der Waals surface area contributed by atoms with Gasteiger partial charge in [-0.3, -0.25) is 4.79 Å². The molecule has 1 fully saturated rings. The Morgan fingerprint density at radius 2 is 1.83 bits per heavy atom. The molecule has 0 spiro atoms. The molecule has 1 atom stereocenters. The van der Waals surface area contributed by atoms with Crippen LogP contribution in [0.1, 0.15) is 18.4 Å². The summed E-state index contributed by atoms with van der Waals surface area (Å²) in [6, 6.07) is 18.8. The van der Waals surface area contributed by atoms with Gasteiger partial charge in [-0.2, -0.15) is 0 Å². The highest BCUT2D eigenvalue weighted by Gasteiger charge is 2.32. The van der Waals surface area contributed by atoms with Gasteiger partial charge in [0.2, 0.25) is 5.56 Å². The molecule has 0 amide bonds. The molecule has 3 N–H and O–H groups in total. The Hall–Kier alpha value is -2.67. The van der Waals surface area contributed by atoms with Crippen LogP contribution in [0.3, 0.4) is 0 Å². The molecule has 158 valence electrons. The largest absolute Gasteiger partial charge is 0.491 e. The van der Waals surface area contributed by atoms with Crippen molar-refractivity contribution < 1.29 is 14.9 Å². The minimum atomic E-state index is -0.675. The van der Waals surface area contributed by atoms with E-state index < -0.39 is 11.7 Å². The third-order valence-corrected chi connectivity index (χ3v) is 5.77. The summed E-state index contributed by atoms with van der Waals surface area (Å²) < 4.78 is 5.75. The summed E-state index contributed by atoms with van der Waals surface area (Å²) in [6.45, 7) is 2.22. The maximum absolute atomic E-state index is 11.4. The summed E-state index contributed by atoms with van der Waals surface area (Å²) in [4.78, 5) is 16.3. The molecule has 4 rings (SSSR count). The van der Waals surface area contributed by atoms with Gasteiger partial charge < -0.3 is 24.8 Å². The van der Waals surface area contributed by atoms with E-state index in [1.807, 2.05) is 24.3 Å². The first-order valence-electron chi connectivity index (χ1n) is 10.4. The summed E-state index contributed by atoms with van der Waals surface area (Å²) in [7, 11) is 0. The number of rotatable bonds is 7. The lowest BCUT2D eigenvalue weighted by Gasteiger charge is -2.39. The molecule has 1 aliphatic rings. The first-order chi connectivity index (χ1) is 14.5. The Bertz CT molecular complexity index is 1030. The number of pyridine rings is 1. The highest BCUT2D eigenvalue weighted by Crippen LogP contribution is 2.26. The molecule has 0 radical (unpaired) electrons. The van der Waals surface area contributed by atoms with Crippen molar-refractivity contribution in [3.05, 3.63) is 76.6 Å². The minimum absolute atomic E-state index is 0.135. The van der Waals surface area contributed by atoms with Crippen LogP contribution in [0, 0.1) is 0 Å². The Morgan fingerprint density at radius 1 is 1.07 bits per heavy atom. The Balaban J connectivity index is 1.24. The second kappa shape index (κ2) is 9.00. The van der Waals surface area contributed by atoms with Gasteiger partial charge in [0.1, 0.15) is 18.5 Å². The zero-order valence-electron chi connectivity index (χ0n) is 17.0. The van der Waals surface area contributed by atoms with E-state index in [0.29, 0.717) is 31.6 Å². The molecular weight excluding hydrogens is 380 g/mol. The van der Waals surface area contributed by atoms with Gasteiger partial charge in [-0.25, -0.2) is 0 Å². The monoisotopic (exact) mass is 408 g/mol. The van der Waals surface area contributed by atoms with Crippen LogP contribution < -0.4 is 10.3 Å². The van der Waals surface area contributed by atoms with Crippen LogP contribution in [-0.4, -0.2) is 58.0 Å². The fourth-order valence-corrected chi connectivity index (χ4v) is 4.07. The van der Waals surface area contributed by atoms with E-state index in [9.17, 15) is 15.0 Å². The van der Waals surface area contributed by atoms with Crippen LogP contribution in [0.15, 0.2) is 65.5 Å². The molecule has 6 heteroatoms. The zero-order chi connectivity index (χ0) is 21.0. The highest BCUT2D eigenvalue weighted by molar-refractivity contribution is 5.79. The molecule has 0 unspecified atom stereocenters. The quantitative estimate of drug-likeness (QED) is 0.559. The number of piperidine rings is 1. The summed E-state index contributed by atoms with van der Waals surface area (Å²) in [6.07, 6.45) is 1.44. The van der Waals surface area contributed by atoms with Crippen LogP contribution in [0.4, 0.5) is 0 Å². The van der Waals surface area contributed by atoms with Gasteiger partial charge in [-0.15, -0.1) is 0 Å². The third kappa shape index (κ3) is 5.27. The van der Waals surface area contributed by atoms with Gasteiger partial charge in [0.25, 0.3) is 0 Å². The maximum atomic E-state index is 11.4. The first kappa shape index (κ1) is 20.6. The number of nitrogens with zero attached hydrogens (tertiary/aromatic N) is 1. The molecular formula is C24H28N2O4. The average Bonchev–Trinajstić information content (AvgIpc) is 2.74. The molecule has 30 heavy (non-hydrogen) atoms. The van der Waals surface area contributed by atoms with Crippen molar-refractivity contribution in [1.82, 2.24) is 9.88 Å². The normalized spacial score (nSPS) is 17.7. The Kier molecular flexibility index (Phi) is 6.18. The number of aromatic nitrogens is 1.